The van der Waals surface area contributed by atoms with Crippen LogP contribution in [0.5, 0.6) is 28.7 Å². The number of rotatable bonds is 1. The Bertz CT molecular complexity index is 1150. The van der Waals surface area contributed by atoms with E-state index in [1.165, 1.54) is 0 Å². The fourth-order valence-corrected chi connectivity index (χ4v) is 4.60. The van der Waals surface area contributed by atoms with Gasteiger partial charge in [-0.1, -0.05) is 6.07 Å². The SMILES string of the molecule is Cc1c(O)c2c(c3c1OC(C)(C)C=C3)OC[C@@H](c1ccc(O)c3c1OC(C)(C)C=C3)C2. The van der Waals surface area contributed by atoms with Crippen LogP contribution in [0.4, 0.5) is 0 Å². The van der Waals surface area contributed by atoms with Crippen molar-refractivity contribution in [3.05, 3.63) is 52.1 Å². The summed E-state index contributed by atoms with van der Waals surface area (Å²) in [4.78, 5) is 0. The van der Waals surface area contributed by atoms with Crippen LogP contribution in [-0.4, -0.2) is 28.0 Å². The molecule has 3 aliphatic heterocycles. The number of phenols is 2. The van der Waals surface area contributed by atoms with E-state index in [1.807, 2.05) is 65.0 Å². The van der Waals surface area contributed by atoms with Gasteiger partial charge >= 0.3 is 0 Å². The Morgan fingerprint density at radius 2 is 1.52 bits per heavy atom. The maximum Gasteiger partial charge on any atom is 0.138 e. The molecule has 1 atom stereocenters. The first-order valence-electron chi connectivity index (χ1n) is 10.7. The molecule has 0 fully saturated rings. The van der Waals surface area contributed by atoms with Gasteiger partial charge in [-0.2, -0.15) is 0 Å². The molecule has 0 spiro atoms. The van der Waals surface area contributed by atoms with E-state index in [4.69, 9.17) is 14.2 Å². The van der Waals surface area contributed by atoms with Crippen molar-refractivity contribution in [3.8, 4) is 28.7 Å². The van der Waals surface area contributed by atoms with Crippen molar-refractivity contribution < 1.29 is 24.4 Å². The van der Waals surface area contributed by atoms with E-state index in [2.05, 4.69) is 0 Å². The van der Waals surface area contributed by atoms with Crippen molar-refractivity contribution >= 4 is 12.2 Å². The summed E-state index contributed by atoms with van der Waals surface area (Å²) in [6.07, 6.45) is 8.51. The predicted molar refractivity (Wildman–Crippen MR) is 120 cm³/mol. The van der Waals surface area contributed by atoms with Gasteiger partial charge in [-0.05, 0) is 71.4 Å². The predicted octanol–water partition coefficient (Wildman–Crippen LogP) is 5.49. The third kappa shape index (κ3) is 3.14. The van der Waals surface area contributed by atoms with Crippen LogP contribution in [0.3, 0.4) is 0 Å². The fourth-order valence-electron chi connectivity index (χ4n) is 4.60. The molecule has 5 heteroatoms. The molecule has 3 heterocycles. The molecule has 0 saturated carbocycles. The maximum absolute atomic E-state index is 11.0. The molecule has 0 saturated heterocycles. The first-order chi connectivity index (χ1) is 14.6. The Morgan fingerprint density at radius 1 is 0.871 bits per heavy atom. The summed E-state index contributed by atoms with van der Waals surface area (Å²) in [7, 11) is 0. The van der Waals surface area contributed by atoms with E-state index < -0.39 is 11.2 Å². The van der Waals surface area contributed by atoms with Crippen LogP contribution in [-0.2, 0) is 6.42 Å². The van der Waals surface area contributed by atoms with Gasteiger partial charge in [-0.25, -0.2) is 0 Å². The van der Waals surface area contributed by atoms with E-state index in [0.29, 0.717) is 35.8 Å². The second-order valence-electron chi connectivity index (χ2n) is 9.73. The number of hydrogen-bond acceptors (Lipinski definition) is 5. The van der Waals surface area contributed by atoms with Gasteiger partial charge in [0.25, 0.3) is 0 Å². The van der Waals surface area contributed by atoms with Crippen LogP contribution in [0.25, 0.3) is 12.2 Å². The van der Waals surface area contributed by atoms with E-state index >= 15 is 0 Å². The molecule has 0 bridgehead atoms. The van der Waals surface area contributed by atoms with Crippen LogP contribution in [0.2, 0.25) is 0 Å². The zero-order valence-corrected chi connectivity index (χ0v) is 18.6. The van der Waals surface area contributed by atoms with Crippen LogP contribution in [0.15, 0.2) is 24.3 Å². The largest absolute Gasteiger partial charge is 0.507 e. The first-order valence-corrected chi connectivity index (χ1v) is 10.7. The monoisotopic (exact) mass is 420 g/mol. The lowest BCUT2D eigenvalue weighted by molar-refractivity contribution is 0.151. The zero-order valence-electron chi connectivity index (χ0n) is 18.6. The summed E-state index contributed by atoms with van der Waals surface area (Å²) in [5.41, 5.74) is 3.16. The average Bonchev–Trinajstić information content (AvgIpc) is 2.70. The molecule has 2 N–H and O–H groups in total. The minimum atomic E-state index is -0.463. The number of aromatic hydroxyl groups is 2. The molecule has 5 nitrogen and oxygen atoms in total. The molecular formula is C26H28O5. The van der Waals surface area contributed by atoms with Gasteiger partial charge in [0.1, 0.15) is 39.9 Å². The fraction of sp³-hybridized carbons (Fsp3) is 0.385. The molecular weight excluding hydrogens is 392 g/mol. The molecule has 0 aromatic heterocycles. The molecule has 2 aromatic rings. The Labute approximate surface area is 182 Å². The average molecular weight is 421 g/mol. The van der Waals surface area contributed by atoms with E-state index in [-0.39, 0.29) is 17.4 Å². The Hall–Kier alpha value is -3.08. The summed E-state index contributed by atoms with van der Waals surface area (Å²) in [5, 5.41) is 21.4. The lowest BCUT2D eigenvalue weighted by Gasteiger charge is -2.35. The van der Waals surface area contributed by atoms with Gasteiger partial charge in [0.05, 0.1) is 17.7 Å². The molecule has 5 rings (SSSR count). The van der Waals surface area contributed by atoms with Crippen LogP contribution >= 0.6 is 0 Å². The molecule has 0 amide bonds. The van der Waals surface area contributed by atoms with Crippen LogP contribution in [0.1, 0.15) is 61.4 Å². The van der Waals surface area contributed by atoms with Crippen molar-refractivity contribution in [2.75, 3.05) is 6.61 Å². The summed E-state index contributed by atoms with van der Waals surface area (Å²) in [5.74, 6) is 2.45. The van der Waals surface area contributed by atoms with E-state index in [0.717, 1.165) is 22.3 Å². The number of ether oxygens (including phenoxy) is 3. The molecule has 0 aliphatic carbocycles. The smallest absolute Gasteiger partial charge is 0.138 e. The highest BCUT2D eigenvalue weighted by atomic mass is 16.5. The summed E-state index contributed by atoms with van der Waals surface area (Å²) < 4.78 is 18.6. The number of hydrogen-bond donors (Lipinski definition) is 2. The molecule has 0 radical (unpaired) electrons. The first kappa shape index (κ1) is 19.9. The van der Waals surface area contributed by atoms with Gasteiger partial charge in [-0.15, -0.1) is 0 Å². The summed E-state index contributed by atoms with van der Waals surface area (Å²) in [6, 6.07) is 3.60. The molecule has 162 valence electrons. The zero-order chi connectivity index (χ0) is 22.1. The van der Waals surface area contributed by atoms with E-state index in [9.17, 15) is 10.2 Å². The third-order valence-corrected chi connectivity index (χ3v) is 6.30. The van der Waals surface area contributed by atoms with Crippen molar-refractivity contribution in [2.45, 2.75) is 58.2 Å². The van der Waals surface area contributed by atoms with Gasteiger partial charge in [-0.3, -0.25) is 0 Å². The second kappa shape index (κ2) is 6.46. The molecule has 31 heavy (non-hydrogen) atoms. The highest BCUT2D eigenvalue weighted by molar-refractivity contribution is 5.75. The molecule has 3 aliphatic rings. The topological polar surface area (TPSA) is 68.2 Å². The second-order valence-corrected chi connectivity index (χ2v) is 9.73. The standard InChI is InChI=1S/C26H28O5/c1-14-21(28)19-12-15(13-29-23(19)18-9-11-25(2,3)30-22(14)18)16-6-7-20(27)17-8-10-26(4,5)31-24(16)17/h6-11,15,27-28H,12-13H2,1-5H3/t15-/m0/s1. The van der Waals surface area contributed by atoms with Gasteiger partial charge in [0.15, 0.2) is 0 Å². The van der Waals surface area contributed by atoms with Crippen molar-refractivity contribution in [1.82, 2.24) is 0 Å². The quantitative estimate of drug-likeness (QED) is 0.638. The van der Waals surface area contributed by atoms with Crippen LogP contribution < -0.4 is 14.2 Å². The Kier molecular flexibility index (Phi) is 4.14. The number of phenolic OH excluding ortho intramolecular Hbond substituents is 2. The van der Waals surface area contributed by atoms with Gasteiger partial charge in [0.2, 0.25) is 0 Å². The van der Waals surface area contributed by atoms with Gasteiger partial charge < -0.3 is 24.4 Å². The van der Waals surface area contributed by atoms with Gasteiger partial charge in [0, 0.05) is 22.6 Å². The molecule has 0 unspecified atom stereocenters. The van der Waals surface area contributed by atoms with E-state index in [1.54, 1.807) is 6.07 Å². The Balaban J connectivity index is 1.58. The van der Waals surface area contributed by atoms with Crippen molar-refractivity contribution in [2.24, 2.45) is 0 Å². The van der Waals surface area contributed by atoms with Crippen molar-refractivity contribution in [1.29, 1.82) is 0 Å². The highest BCUT2D eigenvalue weighted by Gasteiger charge is 2.36. The lowest BCUT2D eigenvalue weighted by atomic mass is 9.84. The lowest BCUT2D eigenvalue weighted by Crippen LogP contribution is -2.30. The summed E-state index contributed by atoms with van der Waals surface area (Å²) in [6.45, 7) is 10.3. The third-order valence-electron chi connectivity index (χ3n) is 6.30. The van der Waals surface area contributed by atoms with Crippen LogP contribution in [0, 0.1) is 6.92 Å². The number of fused-ring (bicyclic) bond motifs is 4. The van der Waals surface area contributed by atoms with Crippen molar-refractivity contribution in [3.63, 3.8) is 0 Å². The summed E-state index contributed by atoms with van der Waals surface area (Å²) >= 11 is 0. The maximum atomic E-state index is 11.0. The minimum Gasteiger partial charge on any atom is -0.507 e. The molecule has 2 aromatic carbocycles. The Morgan fingerprint density at radius 3 is 2.23 bits per heavy atom. The minimum absolute atomic E-state index is 0.0163. The number of benzene rings is 2. The normalized spacial score (nSPS) is 21.8. The highest BCUT2D eigenvalue weighted by Crippen LogP contribution is 2.51.